The molecule has 0 aliphatic heterocycles. The first-order valence-corrected chi connectivity index (χ1v) is 4.17. The number of anilines is 1. The number of nitro benzene ring substituents is 1. The van der Waals surface area contributed by atoms with Crippen LogP contribution < -0.4 is 5.32 Å². The van der Waals surface area contributed by atoms with Crippen LogP contribution in [0, 0.1) is 10.1 Å². The highest BCUT2D eigenvalue weighted by Crippen LogP contribution is 2.16. The lowest BCUT2D eigenvalue weighted by atomic mass is 10.3. The van der Waals surface area contributed by atoms with Gasteiger partial charge in [0.15, 0.2) is 0 Å². The average Bonchev–Trinajstić information content (AvgIpc) is 2.18. The third kappa shape index (κ3) is 3.95. The Morgan fingerprint density at radius 1 is 1.53 bits per heavy atom. The van der Waals surface area contributed by atoms with E-state index >= 15 is 0 Å². The Balaban J connectivity index is 0.00000196. The van der Waals surface area contributed by atoms with E-state index in [1.807, 2.05) is 0 Å². The van der Waals surface area contributed by atoms with Gasteiger partial charge in [0.1, 0.15) is 0 Å². The molecule has 6 heteroatoms. The van der Waals surface area contributed by atoms with Gasteiger partial charge in [-0.25, -0.2) is 0 Å². The monoisotopic (exact) mass is 230 g/mol. The second-order valence-corrected chi connectivity index (χ2v) is 2.71. The summed E-state index contributed by atoms with van der Waals surface area (Å²) >= 11 is 0. The summed E-state index contributed by atoms with van der Waals surface area (Å²) in [6.45, 7) is 1.71. The van der Waals surface area contributed by atoms with Crippen molar-refractivity contribution in [2.24, 2.45) is 0 Å². The molecule has 1 aromatic carbocycles. The van der Waals surface area contributed by atoms with Crippen molar-refractivity contribution in [1.82, 2.24) is 0 Å². The quantitative estimate of drug-likeness (QED) is 0.640. The lowest BCUT2D eigenvalue weighted by molar-refractivity contribution is -0.384. The van der Waals surface area contributed by atoms with Crippen LogP contribution in [0.3, 0.4) is 0 Å². The van der Waals surface area contributed by atoms with Crippen LogP contribution in [0.2, 0.25) is 0 Å². The first-order chi connectivity index (χ1) is 6.63. The molecule has 1 rings (SSSR count). The van der Waals surface area contributed by atoms with Crippen molar-refractivity contribution in [3.63, 3.8) is 0 Å². The normalized spacial score (nSPS) is 8.87. The molecule has 0 aromatic heterocycles. The van der Waals surface area contributed by atoms with Gasteiger partial charge >= 0.3 is 0 Å². The van der Waals surface area contributed by atoms with Crippen LogP contribution in [-0.4, -0.2) is 10.8 Å². The predicted octanol–water partition coefficient (Wildman–Crippen LogP) is 2.37. The average molecular weight is 231 g/mol. The molecule has 1 amide bonds. The van der Waals surface area contributed by atoms with E-state index in [4.69, 9.17) is 0 Å². The molecule has 0 bridgehead atoms. The fourth-order valence-electron chi connectivity index (χ4n) is 0.947. The van der Waals surface area contributed by atoms with E-state index < -0.39 is 4.92 Å². The molecule has 0 unspecified atom stereocenters. The fraction of sp³-hybridized carbons (Fsp3) is 0.222. The molecule has 0 saturated carbocycles. The van der Waals surface area contributed by atoms with Crippen molar-refractivity contribution in [1.29, 1.82) is 0 Å². The van der Waals surface area contributed by atoms with Gasteiger partial charge in [0.2, 0.25) is 5.91 Å². The van der Waals surface area contributed by atoms with Crippen molar-refractivity contribution in [2.75, 3.05) is 5.32 Å². The Bertz CT molecular complexity index is 368. The second kappa shape index (κ2) is 5.98. The number of hydrogen-bond acceptors (Lipinski definition) is 3. The molecule has 0 spiro atoms. The van der Waals surface area contributed by atoms with E-state index in [-0.39, 0.29) is 24.0 Å². The third-order valence-electron chi connectivity index (χ3n) is 1.66. The molecule has 0 atom stereocenters. The number of nitro groups is 1. The van der Waals surface area contributed by atoms with Gasteiger partial charge in [-0.1, -0.05) is 13.0 Å². The van der Waals surface area contributed by atoms with Crippen LogP contribution in [0.15, 0.2) is 24.3 Å². The lowest BCUT2D eigenvalue weighted by Crippen LogP contribution is -2.09. The highest BCUT2D eigenvalue weighted by molar-refractivity contribution is 5.90. The maximum absolute atomic E-state index is 11.0. The van der Waals surface area contributed by atoms with Gasteiger partial charge in [-0.15, -0.1) is 12.4 Å². The Hall–Kier alpha value is -1.62. The highest BCUT2D eigenvalue weighted by Gasteiger charge is 2.06. The fourth-order valence-corrected chi connectivity index (χ4v) is 0.947. The minimum absolute atomic E-state index is 0. The van der Waals surface area contributed by atoms with Gasteiger partial charge in [-0.2, -0.15) is 0 Å². The number of rotatable bonds is 3. The first-order valence-electron chi connectivity index (χ1n) is 4.17. The molecule has 0 aliphatic carbocycles. The molecule has 0 fully saturated rings. The van der Waals surface area contributed by atoms with Crippen molar-refractivity contribution in [3.05, 3.63) is 34.4 Å². The zero-order valence-electron chi connectivity index (χ0n) is 8.10. The van der Waals surface area contributed by atoms with Gasteiger partial charge in [-0.05, 0) is 6.07 Å². The summed E-state index contributed by atoms with van der Waals surface area (Å²) < 4.78 is 0. The van der Waals surface area contributed by atoms with Gasteiger partial charge in [0.05, 0.1) is 4.92 Å². The molecule has 5 nitrogen and oxygen atoms in total. The lowest BCUT2D eigenvalue weighted by Gasteiger charge is -2.01. The maximum atomic E-state index is 11.0. The SMILES string of the molecule is CCC(=O)Nc1cccc([N+](=O)[O-])c1.Cl. The number of carbonyl (C=O) groups is 1. The zero-order chi connectivity index (χ0) is 10.6. The van der Waals surface area contributed by atoms with Gasteiger partial charge < -0.3 is 5.32 Å². The number of hydrogen-bond donors (Lipinski definition) is 1. The number of nitrogens with one attached hydrogen (secondary N) is 1. The molecule has 15 heavy (non-hydrogen) atoms. The molecule has 82 valence electrons. The Morgan fingerprint density at radius 2 is 2.20 bits per heavy atom. The standard InChI is InChI=1S/C9H10N2O3.ClH/c1-2-9(12)10-7-4-3-5-8(6-7)11(13)14;/h3-6H,2H2,1H3,(H,10,12);1H. The number of carbonyl (C=O) groups excluding carboxylic acids is 1. The summed E-state index contributed by atoms with van der Waals surface area (Å²) in [5, 5.41) is 12.9. The van der Waals surface area contributed by atoms with Crippen molar-refractivity contribution in [2.45, 2.75) is 13.3 Å². The summed E-state index contributed by atoms with van der Waals surface area (Å²) in [5.74, 6) is -0.162. The van der Waals surface area contributed by atoms with Crippen LogP contribution in [0.1, 0.15) is 13.3 Å². The smallest absolute Gasteiger partial charge is 0.271 e. The maximum Gasteiger partial charge on any atom is 0.271 e. The Morgan fingerprint density at radius 3 is 2.73 bits per heavy atom. The Kier molecular flexibility index (Phi) is 5.33. The summed E-state index contributed by atoms with van der Waals surface area (Å²) in [7, 11) is 0. The summed E-state index contributed by atoms with van der Waals surface area (Å²) in [4.78, 5) is 20.9. The summed E-state index contributed by atoms with van der Waals surface area (Å²) in [5.41, 5.74) is 0.421. The minimum Gasteiger partial charge on any atom is -0.326 e. The van der Waals surface area contributed by atoms with Crippen LogP contribution in [0.5, 0.6) is 0 Å². The topological polar surface area (TPSA) is 72.2 Å². The van der Waals surface area contributed by atoms with Crippen LogP contribution >= 0.6 is 12.4 Å². The molecule has 0 saturated heterocycles. The third-order valence-corrected chi connectivity index (χ3v) is 1.66. The van der Waals surface area contributed by atoms with E-state index in [2.05, 4.69) is 5.32 Å². The van der Waals surface area contributed by atoms with E-state index in [1.165, 1.54) is 18.2 Å². The van der Waals surface area contributed by atoms with Crippen LogP contribution in [0.25, 0.3) is 0 Å². The number of nitrogens with zero attached hydrogens (tertiary/aromatic N) is 1. The molecular formula is C9H11ClN2O3. The molecule has 0 aliphatic rings. The van der Waals surface area contributed by atoms with Crippen LogP contribution in [0.4, 0.5) is 11.4 Å². The van der Waals surface area contributed by atoms with Gasteiger partial charge in [-0.3, -0.25) is 14.9 Å². The summed E-state index contributed by atoms with van der Waals surface area (Å²) in [6.07, 6.45) is 0.350. The minimum atomic E-state index is -0.498. The highest BCUT2D eigenvalue weighted by atomic mass is 35.5. The second-order valence-electron chi connectivity index (χ2n) is 2.71. The number of non-ortho nitro benzene ring substituents is 1. The molecular weight excluding hydrogens is 220 g/mol. The molecule has 1 aromatic rings. The van der Waals surface area contributed by atoms with Crippen molar-refractivity contribution in [3.8, 4) is 0 Å². The predicted molar refractivity (Wildman–Crippen MR) is 59.3 cm³/mol. The van der Waals surface area contributed by atoms with Gasteiger partial charge in [0.25, 0.3) is 5.69 Å². The Labute approximate surface area is 93.0 Å². The van der Waals surface area contributed by atoms with Gasteiger partial charge in [0, 0.05) is 24.2 Å². The summed E-state index contributed by atoms with van der Waals surface area (Å²) in [6, 6.07) is 5.85. The molecule has 0 heterocycles. The first kappa shape index (κ1) is 13.4. The van der Waals surface area contributed by atoms with E-state index in [0.717, 1.165) is 0 Å². The van der Waals surface area contributed by atoms with E-state index in [0.29, 0.717) is 12.1 Å². The number of benzene rings is 1. The molecule has 0 radical (unpaired) electrons. The molecule has 1 N–H and O–H groups in total. The number of amides is 1. The van der Waals surface area contributed by atoms with E-state index in [1.54, 1.807) is 13.0 Å². The van der Waals surface area contributed by atoms with E-state index in [9.17, 15) is 14.9 Å². The van der Waals surface area contributed by atoms with Crippen molar-refractivity contribution >= 4 is 29.7 Å². The zero-order valence-corrected chi connectivity index (χ0v) is 8.91. The number of halogens is 1. The van der Waals surface area contributed by atoms with Crippen LogP contribution in [-0.2, 0) is 4.79 Å². The largest absolute Gasteiger partial charge is 0.326 e. The van der Waals surface area contributed by atoms with Crippen molar-refractivity contribution < 1.29 is 9.72 Å².